The second-order valence-corrected chi connectivity index (χ2v) is 16.2. The Morgan fingerprint density at radius 2 is 0.757 bits per heavy atom. The minimum Gasteiger partial charge on any atom is -0.135 e. The normalized spacial score (nSPS) is 24.5. The van der Waals surface area contributed by atoms with Crippen molar-refractivity contribution in [3.8, 4) is 0 Å². The molecule has 37 heavy (non-hydrogen) atoms. The average Bonchev–Trinajstić information content (AvgIpc) is 3.61. The first-order valence-corrected chi connectivity index (χ1v) is 18.7. The SMILES string of the molecule is CC(C)(c1[pH]cc(C2CCCCC2)c1C1CCCCC1)c1[pH]cc(C2CCCCC2)c1C1CCCCC1. The predicted molar refractivity (Wildman–Crippen MR) is 167 cm³/mol. The molecule has 0 aliphatic heterocycles. The van der Waals surface area contributed by atoms with Crippen LogP contribution in [0.4, 0.5) is 0 Å². The molecule has 2 aromatic rings. The van der Waals surface area contributed by atoms with Crippen molar-refractivity contribution in [2.45, 2.75) is 171 Å². The third-order valence-corrected chi connectivity index (χ3v) is 14.5. The maximum absolute atomic E-state index is 2.80. The first-order valence-electron chi connectivity index (χ1n) is 16.6. The zero-order chi connectivity index (χ0) is 25.2. The van der Waals surface area contributed by atoms with Gasteiger partial charge in [-0.15, -0.1) is 16.4 Å². The van der Waals surface area contributed by atoms with Crippen LogP contribution in [-0.2, 0) is 5.41 Å². The first-order chi connectivity index (χ1) is 18.1. The van der Waals surface area contributed by atoms with Crippen LogP contribution in [0.5, 0.6) is 0 Å². The smallest absolute Gasteiger partial charge is 0.0222 e. The first kappa shape index (κ1) is 26.8. The molecule has 0 saturated heterocycles. The van der Waals surface area contributed by atoms with E-state index in [2.05, 4.69) is 25.4 Å². The highest BCUT2D eigenvalue weighted by molar-refractivity contribution is 7.32. The van der Waals surface area contributed by atoms with E-state index in [4.69, 9.17) is 0 Å². The van der Waals surface area contributed by atoms with Gasteiger partial charge in [-0.25, -0.2) is 0 Å². The van der Waals surface area contributed by atoms with Gasteiger partial charge in [0.15, 0.2) is 0 Å². The summed E-state index contributed by atoms with van der Waals surface area (Å²) in [6.45, 7) is 5.39. The Morgan fingerprint density at radius 1 is 0.459 bits per heavy atom. The van der Waals surface area contributed by atoms with Crippen LogP contribution in [0.3, 0.4) is 0 Å². The van der Waals surface area contributed by atoms with Crippen molar-refractivity contribution < 1.29 is 0 Å². The molecule has 4 saturated carbocycles. The van der Waals surface area contributed by atoms with Crippen molar-refractivity contribution in [2.75, 3.05) is 0 Å². The van der Waals surface area contributed by atoms with E-state index in [0.717, 1.165) is 40.1 Å². The Bertz CT molecular complexity index is 918. The molecule has 2 unspecified atom stereocenters. The number of rotatable bonds is 6. The molecular formula is C35H54P2. The van der Waals surface area contributed by atoms with Gasteiger partial charge >= 0.3 is 0 Å². The van der Waals surface area contributed by atoms with Gasteiger partial charge < -0.3 is 0 Å². The lowest BCUT2D eigenvalue weighted by atomic mass is 9.71. The highest BCUT2D eigenvalue weighted by atomic mass is 31.0. The Labute approximate surface area is 231 Å². The molecule has 4 aliphatic rings. The summed E-state index contributed by atoms with van der Waals surface area (Å²) in [6.07, 6.45) is 29.3. The summed E-state index contributed by atoms with van der Waals surface area (Å²) in [5.74, 6) is 9.07. The lowest BCUT2D eigenvalue weighted by Gasteiger charge is -2.36. The molecule has 2 heterocycles. The van der Waals surface area contributed by atoms with Crippen LogP contribution in [0.15, 0.2) is 11.6 Å². The topological polar surface area (TPSA) is 0 Å². The monoisotopic (exact) mass is 536 g/mol. The molecule has 6 rings (SSSR count). The molecular weight excluding hydrogens is 482 g/mol. The number of hydrogen-bond acceptors (Lipinski definition) is 0. The summed E-state index contributed by atoms with van der Waals surface area (Å²) < 4.78 is 0. The maximum Gasteiger partial charge on any atom is 0.0222 e. The second-order valence-electron chi connectivity index (χ2n) is 14.0. The highest BCUT2D eigenvalue weighted by Gasteiger charge is 2.38. The standard InChI is InChI=1S/C35H54P2/c1-35(2,33-31(27-19-11-5-12-20-27)29(23-36-33)25-15-7-3-8-16-25)34-32(28-21-13-6-14-22-28)30(24-37-34)26-17-9-4-10-18-26/h23-28,36-37H,3-22H2,1-2H3. The third-order valence-electron chi connectivity index (χ3n) is 11.3. The molecule has 2 heteroatoms. The second kappa shape index (κ2) is 12.0. The van der Waals surface area contributed by atoms with E-state index in [1.807, 2.05) is 32.8 Å². The molecule has 0 N–H and O–H groups in total. The van der Waals surface area contributed by atoms with E-state index in [1.54, 1.807) is 0 Å². The summed E-state index contributed by atoms with van der Waals surface area (Å²) in [6, 6.07) is 0. The zero-order valence-corrected chi connectivity index (χ0v) is 26.1. The van der Waals surface area contributed by atoms with Crippen molar-refractivity contribution in [1.82, 2.24) is 0 Å². The molecule has 0 radical (unpaired) electrons. The van der Waals surface area contributed by atoms with Crippen LogP contribution in [-0.4, -0.2) is 0 Å². The van der Waals surface area contributed by atoms with E-state index in [0.29, 0.717) is 0 Å². The van der Waals surface area contributed by atoms with Gasteiger partial charge in [-0.2, -0.15) is 0 Å². The fourth-order valence-electron chi connectivity index (χ4n) is 9.22. The van der Waals surface area contributed by atoms with Crippen molar-refractivity contribution in [3.05, 3.63) is 44.4 Å². The molecule has 0 bridgehead atoms. The van der Waals surface area contributed by atoms with Gasteiger partial charge in [0.1, 0.15) is 0 Å². The third kappa shape index (κ3) is 5.47. The fourth-order valence-corrected chi connectivity index (χ4v) is 12.7. The molecule has 4 aliphatic carbocycles. The predicted octanol–water partition coefficient (Wildman–Crippen LogP) is 12.3. The Morgan fingerprint density at radius 3 is 1.08 bits per heavy atom. The quantitative estimate of drug-likeness (QED) is 0.344. The van der Waals surface area contributed by atoms with Crippen LogP contribution in [0.1, 0.15) is 199 Å². The van der Waals surface area contributed by atoms with Crippen LogP contribution in [0.2, 0.25) is 0 Å². The van der Waals surface area contributed by atoms with Crippen LogP contribution < -0.4 is 0 Å². The maximum atomic E-state index is 2.80. The van der Waals surface area contributed by atoms with Gasteiger partial charge in [0, 0.05) is 5.41 Å². The lowest BCUT2D eigenvalue weighted by molar-refractivity contribution is 0.412. The molecule has 204 valence electrons. The Hall–Kier alpha value is -0.440. The minimum absolute atomic E-state index is 0.246. The largest absolute Gasteiger partial charge is 0.135 e. The fraction of sp³-hybridized carbons (Fsp3) is 0.771. The van der Waals surface area contributed by atoms with E-state index in [-0.39, 0.29) is 5.41 Å². The van der Waals surface area contributed by atoms with Crippen LogP contribution in [0, 0.1) is 0 Å². The summed E-state index contributed by atoms with van der Waals surface area (Å²) in [5, 5.41) is 3.82. The van der Waals surface area contributed by atoms with E-state index in [1.165, 1.54) is 128 Å². The van der Waals surface area contributed by atoms with Crippen molar-refractivity contribution in [2.24, 2.45) is 0 Å². The zero-order valence-electron chi connectivity index (χ0n) is 24.1. The van der Waals surface area contributed by atoms with Gasteiger partial charge in [-0.1, -0.05) is 90.9 Å². The molecule has 2 aromatic heterocycles. The molecule has 0 aromatic carbocycles. The number of hydrogen-bond donors (Lipinski definition) is 0. The van der Waals surface area contributed by atoms with Gasteiger partial charge in [-0.05, 0) is 119 Å². The summed E-state index contributed by atoms with van der Waals surface area (Å²) in [5.41, 5.74) is 7.85. The van der Waals surface area contributed by atoms with Crippen molar-refractivity contribution in [1.29, 1.82) is 0 Å². The van der Waals surface area contributed by atoms with Crippen molar-refractivity contribution >= 4 is 16.4 Å². The average molecular weight is 537 g/mol. The van der Waals surface area contributed by atoms with Gasteiger partial charge in [-0.3, -0.25) is 0 Å². The Kier molecular flexibility index (Phi) is 8.66. The van der Waals surface area contributed by atoms with Gasteiger partial charge in [0.2, 0.25) is 0 Å². The molecule has 2 atom stereocenters. The Balaban J connectivity index is 1.43. The highest BCUT2D eigenvalue weighted by Crippen LogP contribution is 2.56. The van der Waals surface area contributed by atoms with Crippen molar-refractivity contribution in [3.63, 3.8) is 0 Å². The lowest BCUT2D eigenvalue weighted by Crippen LogP contribution is -2.23. The van der Waals surface area contributed by atoms with Crippen LogP contribution in [0.25, 0.3) is 0 Å². The summed E-state index contributed by atoms with van der Waals surface area (Å²) >= 11 is 0. The molecule has 4 fully saturated rings. The van der Waals surface area contributed by atoms with Crippen LogP contribution >= 0.6 is 16.4 Å². The van der Waals surface area contributed by atoms with E-state index >= 15 is 0 Å². The molecule has 0 spiro atoms. The molecule has 0 nitrogen and oxygen atoms in total. The summed E-state index contributed by atoms with van der Waals surface area (Å²) in [4.78, 5) is 0. The van der Waals surface area contributed by atoms with E-state index < -0.39 is 0 Å². The van der Waals surface area contributed by atoms with E-state index in [9.17, 15) is 0 Å². The van der Waals surface area contributed by atoms with Gasteiger partial charge in [0.25, 0.3) is 0 Å². The summed E-state index contributed by atoms with van der Waals surface area (Å²) in [7, 11) is 1.90. The molecule has 0 amide bonds. The minimum atomic E-state index is 0.246. The van der Waals surface area contributed by atoms with Gasteiger partial charge in [0.05, 0.1) is 0 Å².